The molecule has 0 amide bonds. The third-order valence-electron chi connectivity index (χ3n) is 2.14. The van der Waals surface area contributed by atoms with Crippen LogP contribution < -0.4 is 139 Å². The average molecular weight is 396 g/mol. The summed E-state index contributed by atoms with van der Waals surface area (Å²) in [5.41, 5.74) is 0. The molecular formula is C11H16N2Na4O8. The van der Waals surface area contributed by atoms with Crippen LogP contribution >= 0.6 is 0 Å². The summed E-state index contributed by atoms with van der Waals surface area (Å²) in [6.45, 7) is -3.25. The number of rotatable bonds is 11. The Bertz CT molecular complexity index is 332. The zero-order valence-electron chi connectivity index (χ0n) is 14.4. The van der Waals surface area contributed by atoms with Crippen molar-refractivity contribution in [2.75, 3.05) is 39.3 Å². The molecule has 25 heavy (non-hydrogen) atoms. The van der Waals surface area contributed by atoms with Gasteiger partial charge in [0.25, 0.3) is 0 Å². The van der Waals surface area contributed by atoms with E-state index in [0.717, 1.165) is 9.80 Å². The van der Waals surface area contributed by atoms with Gasteiger partial charge in [0.1, 0.15) is 0 Å². The summed E-state index contributed by atoms with van der Waals surface area (Å²) in [6, 6.07) is 0. The Morgan fingerprint density at radius 1 is 0.520 bits per heavy atom. The van der Waals surface area contributed by atoms with Crippen LogP contribution in [0.2, 0.25) is 0 Å². The fourth-order valence-corrected chi connectivity index (χ4v) is 1.44. The van der Waals surface area contributed by atoms with Crippen molar-refractivity contribution in [2.24, 2.45) is 0 Å². The Kier molecular flexibility index (Phi) is 39.3. The molecule has 0 saturated heterocycles. The Balaban J connectivity index is -0.000000180. The van der Waals surface area contributed by atoms with E-state index in [4.69, 9.17) is 0 Å². The second-order valence-corrected chi connectivity index (χ2v) is 3.91. The first-order chi connectivity index (χ1) is 9.20. The van der Waals surface area contributed by atoms with Gasteiger partial charge in [0.05, 0.1) is 23.9 Å². The Morgan fingerprint density at radius 2 is 0.680 bits per heavy atom. The summed E-state index contributed by atoms with van der Waals surface area (Å²) in [5, 5.41) is 41.6. The molecule has 14 heteroatoms. The average Bonchev–Trinajstić information content (AvgIpc) is 2.22. The maximum absolute atomic E-state index is 10.4. The maximum atomic E-state index is 10.4. The maximum Gasteiger partial charge on any atom is 1.00 e. The van der Waals surface area contributed by atoms with Crippen molar-refractivity contribution in [3.8, 4) is 0 Å². The van der Waals surface area contributed by atoms with Crippen LogP contribution in [0.5, 0.6) is 0 Å². The number of carbonyl (C=O) groups is 4. The second-order valence-electron chi connectivity index (χ2n) is 3.91. The molecule has 122 valence electrons. The molecule has 0 aromatic carbocycles. The third kappa shape index (κ3) is 28.1. The van der Waals surface area contributed by atoms with Gasteiger partial charge in [-0.15, -0.1) is 0 Å². The van der Waals surface area contributed by atoms with Crippen LogP contribution in [0.15, 0.2) is 0 Å². The van der Waals surface area contributed by atoms with Crippen LogP contribution in [-0.2, 0) is 19.2 Å². The molecule has 0 heterocycles. The molecule has 0 bridgehead atoms. The van der Waals surface area contributed by atoms with E-state index in [9.17, 15) is 39.6 Å². The Hall–Kier alpha value is 1.80. The zero-order valence-corrected chi connectivity index (χ0v) is 22.4. The number of carbonyl (C=O) groups excluding carboxylic acids is 4. The Labute approximate surface area is 234 Å². The molecule has 0 N–H and O–H groups in total. The van der Waals surface area contributed by atoms with Crippen molar-refractivity contribution in [3.63, 3.8) is 0 Å². The second kappa shape index (κ2) is 23.8. The molecule has 0 atom stereocenters. The number of aliphatic carboxylic acids is 4. The number of carboxylic acid groups (broad SMARTS) is 4. The van der Waals surface area contributed by atoms with Gasteiger partial charge in [-0.1, -0.05) is 7.43 Å². The zero-order chi connectivity index (χ0) is 15.7. The first-order valence-corrected chi connectivity index (χ1v) is 5.44. The van der Waals surface area contributed by atoms with Crippen LogP contribution in [0, 0.1) is 0 Å². The normalized spacial score (nSPS) is 8.56. The van der Waals surface area contributed by atoms with Gasteiger partial charge in [-0.25, -0.2) is 0 Å². The molecule has 0 unspecified atom stereocenters. The SMILES string of the molecule is C.O=C([O-])CN(CCN(CC(=O)[O-])CC(=O)[O-])CC(=O)[O-].[Na+].[Na+].[Na+].[Na+]. The predicted molar refractivity (Wildman–Crippen MR) is 59.6 cm³/mol. The van der Waals surface area contributed by atoms with E-state index in [2.05, 4.69) is 0 Å². The van der Waals surface area contributed by atoms with E-state index in [1.54, 1.807) is 0 Å². The van der Waals surface area contributed by atoms with Crippen molar-refractivity contribution < 1.29 is 158 Å². The monoisotopic (exact) mass is 396 g/mol. The van der Waals surface area contributed by atoms with Crippen LogP contribution in [0.4, 0.5) is 0 Å². The van der Waals surface area contributed by atoms with Crippen molar-refractivity contribution in [3.05, 3.63) is 0 Å². The van der Waals surface area contributed by atoms with Gasteiger partial charge in [0.15, 0.2) is 0 Å². The van der Waals surface area contributed by atoms with E-state index in [-0.39, 0.29) is 139 Å². The summed E-state index contributed by atoms with van der Waals surface area (Å²) < 4.78 is 0. The van der Waals surface area contributed by atoms with Crippen LogP contribution in [0.1, 0.15) is 7.43 Å². The number of nitrogens with zero attached hydrogens (tertiary/aromatic N) is 2. The van der Waals surface area contributed by atoms with E-state index >= 15 is 0 Å². The summed E-state index contributed by atoms with van der Waals surface area (Å²) >= 11 is 0. The Morgan fingerprint density at radius 3 is 0.800 bits per heavy atom. The molecule has 0 fully saturated rings. The van der Waals surface area contributed by atoms with E-state index in [0.29, 0.717) is 0 Å². The van der Waals surface area contributed by atoms with Gasteiger partial charge in [-0.05, 0) is 0 Å². The largest absolute Gasteiger partial charge is 1.00 e. The predicted octanol–water partition coefficient (Wildman–Crippen LogP) is -18.8. The summed E-state index contributed by atoms with van der Waals surface area (Å²) in [5.74, 6) is -6.12. The van der Waals surface area contributed by atoms with Gasteiger partial charge in [0.2, 0.25) is 0 Å². The van der Waals surface area contributed by atoms with Crippen LogP contribution in [0.3, 0.4) is 0 Å². The first kappa shape index (κ1) is 41.2. The van der Waals surface area contributed by atoms with Crippen molar-refractivity contribution in [1.82, 2.24) is 9.80 Å². The molecule has 0 saturated carbocycles. The van der Waals surface area contributed by atoms with Gasteiger partial charge < -0.3 is 39.6 Å². The minimum Gasteiger partial charge on any atom is -0.549 e. The fraction of sp³-hybridized carbons (Fsp3) is 0.636. The minimum absolute atomic E-state index is 0. The van der Waals surface area contributed by atoms with Gasteiger partial charge >= 0.3 is 118 Å². The van der Waals surface area contributed by atoms with Crippen molar-refractivity contribution >= 4 is 23.9 Å². The molecule has 0 aliphatic heterocycles. The first-order valence-electron chi connectivity index (χ1n) is 5.44. The molecule has 0 aromatic heterocycles. The summed E-state index contributed by atoms with van der Waals surface area (Å²) in [4.78, 5) is 43.4. The van der Waals surface area contributed by atoms with Crippen molar-refractivity contribution in [2.45, 2.75) is 7.43 Å². The van der Waals surface area contributed by atoms with Gasteiger partial charge in [-0.3, -0.25) is 9.80 Å². The van der Waals surface area contributed by atoms with Crippen molar-refractivity contribution in [1.29, 1.82) is 0 Å². The summed E-state index contributed by atoms with van der Waals surface area (Å²) in [7, 11) is 0. The van der Waals surface area contributed by atoms with E-state index in [1.165, 1.54) is 0 Å². The smallest absolute Gasteiger partial charge is 0.549 e. The molecule has 0 spiro atoms. The van der Waals surface area contributed by atoms with Crippen LogP contribution in [-0.4, -0.2) is 72.9 Å². The minimum atomic E-state index is -1.53. The number of hydrogen-bond donors (Lipinski definition) is 0. The summed E-state index contributed by atoms with van der Waals surface area (Å²) in [6.07, 6.45) is 0. The standard InChI is InChI=1S/C10H16N2O8.CH4.4Na/c13-7(14)3-11(4-8(15)16)1-2-12(5-9(17)18)6-10(19)20;;;;;/h1-6H2,(H,13,14)(H,15,16)(H,17,18)(H,19,20);1H4;;;;/q;;4*+1/p-4. The number of carboxylic acids is 4. The third-order valence-corrected chi connectivity index (χ3v) is 2.14. The molecule has 0 radical (unpaired) electrons. The molecule has 10 nitrogen and oxygen atoms in total. The van der Waals surface area contributed by atoms with Gasteiger partial charge in [0, 0.05) is 39.3 Å². The number of hydrogen-bond acceptors (Lipinski definition) is 10. The van der Waals surface area contributed by atoms with E-state index in [1.807, 2.05) is 0 Å². The topological polar surface area (TPSA) is 167 Å². The molecule has 0 aromatic rings. The molecule has 0 aliphatic carbocycles. The van der Waals surface area contributed by atoms with Gasteiger partial charge in [-0.2, -0.15) is 0 Å². The molecular weight excluding hydrogens is 380 g/mol. The van der Waals surface area contributed by atoms with E-state index < -0.39 is 50.1 Å². The fourth-order valence-electron chi connectivity index (χ4n) is 1.44. The quantitative estimate of drug-likeness (QED) is 0.306. The molecule has 0 aliphatic rings. The van der Waals surface area contributed by atoms with Crippen LogP contribution in [0.25, 0.3) is 0 Å². The molecule has 0 rings (SSSR count).